The van der Waals surface area contributed by atoms with Gasteiger partial charge >= 0.3 is 0 Å². The molecule has 0 atom stereocenters. The van der Waals surface area contributed by atoms with Crippen molar-refractivity contribution < 1.29 is 14.7 Å². The van der Waals surface area contributed by atoms with Crippen LogP contribution in [-0.4, -0.2) is 62.7 Å². The Morgan fingerprint density at radius 1 is 1.15 bits per heavy atom. The third kappa shape index (κ3) is 4.22. The zero-order chi connectivity index (χ0) is 18.5. The first-order valence-corrected chi connectivity index (χ1v) is 8.88. The van der Waals surface area contributed by atoms with E-state index >= 15 is 0 Å². The Hall–Kier alpha value is -2.83. The average molecular weight is 356 g/mol. The molecule has 26 heavy (non-hydrogen) atoms. The molecule has 3 rings (SSSR count). The molecule has 138 valence electrons. The van der Waals surface area contributed by atoms with E-state index in [1.807, 2.05) is 17.2 Å². The van der Waals surface area contributed by atoms with E-state index in [1.54, 1.807) is 40.9 Å². The third-order valence-electron chi connectivity index (χ3n) is 4.69. The lowest BCUT2D eigenvalue weighted by Gasteiger charge is -2.22. The van der Waals surface area contributed by atoms with Crippen LogP contribution in [0.1, 0.15) is 28.8 Å². The largest absolute Gasteiger partial charge is 0.508 e. The predicted molar refractivity (Wildman–Crippen MR) is 96.8 cm³/mol. The molecule has 1 saturated heterocycles. The third-order valence-corrected chi connectivity index (χ3v) is 4.69. The molecule has 0 bridgehead atoms. The normalized spacial score (nSPS) is 15.0. The predicted octanol–water partition coefficient (Wildman–Crippen LogP) is 1.66. The topological polar surface area (TPSA) is 78.7 Å². The highest BCUT2D eigenvalue weighted by atomic mass is 16.3. The first-order valence-electron chi connectivity index (χ1n) is 8.88. The summed E-state index contributed by atoms with van der Waals surface area (Å²) in [6, 6.07) is 6.73. The molecule has 2 heterocycles. The van der Waals surface area contributed by atoms with Crippen LogP contribution >= 0.6 is 0 Å². The molecule has 0 unspecified atom stereocenters. The average Bonchev–Trinajstić information content (AvgIpc) is 3.04. The number of aromatic nitrogens is 2. The number of phenols is 1. The summed E-state index contributed by atoms with van der Waals surface area (Å²) < 4.78 is 1.75. The van der Waals surface area contributed by atoms with Crippen molar-refractivity contribution in [3.05, 3.63) is 47.8 Å². The summed E-state index contributed by atoms with van der Waals surface area (Å²) in [7, 11) is 0. The molecule has 7 nitrogen and oxygen atoms in total. The molecule has 0 radical (unpaired) electrons. The fraction of sp³-hybridized carbons (Fsp3) is 0.421. The highest BCUT2D eigenvalue weighted by molar-refractivity contribution is 5.94. The van der Waals surface area contributed by atoms with Crippen molar-refractivity contribution in [2.75, 3.05) is 26.2 Å². The van der Waals surface area contributed by atoms with Crippen LogP contribution in [0.2, 0.25) is 0 Å². The quantitative estimate of drug-likeness (QED) is 0.904. The lowest BCUT2D eigenvalue weighted by atomic mass is 10.1. The molecule has 0 spiro atoms. The maximum Gasteiger partial charge on any atom is 0.253 e. The summed E-state index contributed by atoms with van der Waals surface area (Å²) in [4.78, 5) is 28.7. The number of nitrogens with zero attached hydrogens (tertiary/aromatic N) is 4. The minimum atomic E-state index is -0.0565. The molecule has 0 saturated carbocycles. The second kappa shape index (κ2) is 8.03. The monoisotopic (exact) mass is 356 g/mol. The van der Waals surface area contributed by atoms with Crippen LogP contribution in [0.15, 0.2) is 36.7 Å². The Kier molecular flexibility index (Phi) is 5.55. The van der Waals surface area contributed by atoms with Gasteiger partial charge in [0.1, 0.15) is 5.75 Å². The SMILES string of the molecule is Cc1cc(C(=O)N2CCCN(C(=O)CCn3cccn3)CC2)ccc1O. The summed E-state index contributed by atoms with van der Waals surface area (Å²) >= 11 is 0. The smallest absolute Gasteiger partial charge is 0.253 e. The van der Waals surface area contributed by atoms with Crippen LogP contribution in [0, 0.1) is 6.92 Å². The second-order valence-electron chi connectivity index (χ2n) is 6.55. The second-order valence-corrected chi connectivity index (χ2v) is 6.55. The Bertz CT molecular complexity index is 773. The number of carbonyl (C=O) groups is 2. The summed E-state index contributed by atoms with van der Waals surface area (Å²) in [6.07, 6.45) is 4.71. The fourth-order valence-electron chi connectivity index (χ4n) is 3.14. The number of hydrogen-bond acceptors (Lipinski definition) is 4. The van der Waals surface area contributed by atoms with Crippen molar-refractivity contribution in [1.29, 1.82) is 0 Å². The van der Waals surface area contributed by atoms with Crippen LogP contribution in [0.3, 0.4) is 0 Å². The van der Waals surface area contributed by atoms with Gasteiger partial charge in [0.25, 0.3) is 5.91 Å². The zero-order valence-corrected chi connectivity index (χ0v) is 15.0. The van der Waals surface area contributed by atoms with Gasteiger partial charge in [0.15, 0.2) is 0 Å². The number of phenolic OH excluding ortho intramolecular Hbond substituents is 1. The zero-order valence-electron chi connectivity index (χ0n) is 15.0. The number of rotatable bonds is 4. The minimum Gasteiger partial charge on any atom is -0.508 e. The fourth-order valence-corrected chi connectivity index (χ4v) is 3.14. The van der Waals surface area contributed by atoms with Crippen molar-refractivity contribution >= 4 is 11.8 Å². The lowest BCUT2D eigenvalue weighted by molar-refractivity contribution is -0.131. The summed E-state index contributed by atoms with van der Waals surface area (Å²) in [5, 5.41) is 13.7. The van der Waals surface area contributed by atoms with Gasteiger partial charge in [-0.3, -0.25) is 14.3 Å². The van der Waals surface area contributed by atoms with E-state index in [4.69, 9.17) is 0 Å². The lowest BCUT2D eigenvalue weighted by Crippen LogP contribution is -2.37. The van der Waals surface area contributed by atoms with Crippen molar-refractivity contribution in [1.82, 2.24) is 19.6 Å². The Labute approximate surface area is 152 Å². The molecule has 1 aromatic heterocycles. The molecule has 1 aromatic carbocycles. The molecular weight excluding hydrogens is 332 g/mol. The van der Waals surface area contributed by atoms with Gasteiger partial charge in [0, 0.05) is 57.1 Å². The highest BCUT2D eigenvalue weighted by Crippen LogP contribution is 2.19. The molecule has 2 aromatic rings. The van der Waals surface area contributed by atoms with Crippen molar-refractivity contribution in [2.45, 2.75) is 26.3 Å². The van der Waals surface area contributed by atoms with E-state index in [0.29, 0.717) is 50.3 Å². The van der Waals surface area contributed by atoms with Gasteiger partial charge in [0.05, 0.1) is 0 Å². The van der Waals surface area contributed by atoms with Crippen LogP contribution < -0.4 is 0 Å². The molecule has 2 amide bonds. The van der Waals surface area contributed by atoms with E-state index < -0.39 is 0 Å². The molecule has 1 aliphatic rings. The molecule has 1 aliphatic heterocycles. The molecular formula is C19H24N4O3. The summed E-state index contributed by atoms with van der Waals surface area (Å²) in [6.45, 7) is 4.69. The number of aromatic hydroxyl groups is 1. The van der Waals surface area contributed by atoms with E-state index in [2.05, 4.69) is 5.10 Å². The highest BCUT2D eigenvalue weighted by Gasteiger charge is 2.23. The van der Waals surface area contributed by atoms with Crippen LogP contribution in [0.25, 0.3) is 0 Å². The van der Waals surface area contributed by atoms with Crippen LogP contribution in [0.4, 0.5) is 0 Å². The van der Waals surface area contributed by atoms with E-state index in [1.165, 1.54) is 0 Å². The van der Waals surface area contributed by atoms with Crippen LogP contribution in [-0.2, 0) is 11.3 Å². The summed E-state index contributed by atoms with van der Waals surface area (Å²) in [5.74, 6) is 0.223. The number of carbonyl (C=O) groups excluding carboxylic acids is 2. The number of benzene rings is 1. The van der Waals surface area contributed by atoms with E-state index in [-0.39, 0.29) is 17.6 Å². The van der Waals surface area contributed by atoms with E-state index in [0.717, 1.165) is 6.42 Å². The van der Waals surface area contributed by atoms with Gasteiger partial charge in [-0.2, -0.15) is 5.10 Å². The maximum atomic E-state index is 12.7. The van der Waals surface area contributed by atoms with Gasteiger partial charge in [-0.25, -0.2) is 0 Å². The molecule has 0 aliphatic carbocycles. The number of aryl methyl sites for hydroxylation is 2. The number of hydrogen-bond donors (Lipinski definition) is 1. The first-order chi connectivity index (χ1) is 12.5. The Morgan fingerprint density at radius 2 is 1.92 bits per heavy atom. The summed E-state index contributed by atoms with van der Waals surface area (Å²) in [5.41, 5.74) is 1.25. The van der Waals surface area contributed by atoms with Crippen LogP contribution in [0.5, 0.6) is 5.75 Å². The van der Waals surface area contributed by atoms with Crippen molar-refractivity contribution in [3.63, 3.8) is 0 Å². The Morgan fingerprint density at radius 3 is 2.65 bits per heavy atom. The first kappa shape index (κ1) is 18.0. The van der Waals surface area contributed by atoms with Gasteiger partial charge < -0.3 is 14.9 Å². The maximum absolute atomic E-state index is 12.7. The molecule has 1 N–H and O–H groups in total. The van der Waals surface area contributed by atoms with Gasteiger partial charge in [-0.15, -0.1) is 0 Å². The van der Waals surface area contributed by atoms with Gasteiger partial charge in [-0.1, -0.05) is 0 Å². The van der Waals surface area contributed by atoms with Crippen molar-refractivity contribution in [3.8, 4) is 5.75 Å². The van der Waals surface area contributed by atoms with Gasteiger partial charge in [-0.05, 0) is 43.2 Å². The standard InChI is InChI=1S/C19H24N4O3/c1-15-14-16(4-5-17(15)24)19(26)22-9-3-8-21(12-13-22)18(25)6-11-23-10-2-7-20-23/h2,4-5,7,10,14,24H,3,6,8-9,11-13H2,1H3. The molecule has 1 fully saturated rings. The minimum absolute atomic E-state index is 0.0565. The number of amides is 2. The van der Waals surface area contributed by atoms with E-state index in [9.17, 15) is 14.7 Å². The Balaban J connectivity index is 1.56. The van der Waals surface area contributed by atoms with Gasteiger partial charge in [0.2, 0.25) is 5.91 Å². The molecule has 7 heteroatoms. The van der Waals surface area contributed by atoms with Crippen molar-refractivity contribution in [2.24, 2.45) is 0 Å².